The smallest absolute Gasteiger partial charge is 0.271 e. The fourth-order valence-corrected chi connectivity index (χ4v) is 3.33. The fourth-order valence-electron chi connectivity index (χ4n) is 3.33. The van der Waals surface area contributed by atoms with Crippen molar-refractivity contribution in [2.24, 2.45) is 5.10 Å². The molecule has 156 valence electrons. The molecule has 1 N–H and O–H groups in total. The van der Waals surface area contributed by atoms with Crippen LogP contribution in [0.15, 0.2) is 71.8 Å². The number of hydrogen-bond donors (Lipinski definition) is 1. The Hall–Kier alpha value is -4.84. The van der Waals surface area contributed by atoms with E-state index in [1.165, 1.54) is 18.2 Å². The maximum atomic E-state index is 12.6. The Kier molecular flexibility index (Phi) is 5.18. The molecule has 1 aliphatic rings. The van der Waals surface area contributed by atoms with Crippen molar-refractivity contribution in [3.8, 4) is 6.07 Å². The first-order chi connectivity index (χ1) is 15.4. The quantitative estimate of drug-likeness (QED) is 0.284. The molecule has 0 saturated heterocycles. The molecule has 0 radical (unpaired) electrons. The number of fused-ring (bicyclic) bond motifs is 1. The zero-order chi connectivity index (χ0) is 22.8. The van der Waals surface area contributed by atoms with Gasteiger partial charge in [0.05, 0.1) is 39.1 Å². The maximum Gasteiger partial charge on any atom is 0.295 e. The van der Waals surface area contributed by atoms with Crippen LogP contribution < -0.4 is 10.3 Å². The van der Waals surface area contributed by atoms with Crippen LogP contribution in [0.5, 0.6) is 0 Å². The normalized spacial score (nSPS) is 13.0. The van der Waals surface area contributed by atoms with Gasteiger partial charge in [0.25, 0.3) is 17.5 Å². The van der Waals surface area contributed by atoms with Gasteiger partial charge in [0.15, 0.2) is 0 Å². The average molecular weight is 425 g/mol. The fraction of sp³-hybridized carbons (Fsp3) is 0.0435. The lowest BCUT2D eigenvalue weighted by Crippen LogP contribution is -2.29. The van der Waals surface area contributed by atoms with E-state index in [1.54, 1.807) is 55.5 Å². The highest BCUT2D eigenvalue weighted by molar-refractivity contribution is 6.34. The van der Waals surface area contributed by atoms with Crippen LogP contribution in [0.1, 0.15) is 38.8 Å². The number of rotatable bonds is 5. The molecule has 0 fully saturated rings. The second kappa shape index (κ2) is 8.12. The van der Waals surface area contributed by atoms with E-state index in [0.29, 0.717) is 28.1 Å². The molecule has 1 aliphatic heterocycles. The number of nitrogens with one attached hydrogen (secondary N) is 1. The Bertz CT molecular complexity index is 1300. The molecule has 3 aromatic carbocycles. The molecule has 0 atom stereocenters. The molecule has 0 bridgehead atoms. The van der Waals surface area contributed by atoms with Crippen LogP contribution in [-0.4, -0.2) is 22.4 Å². The lowest BCUT2D eigenvalue weighted by Gasteiger charge is -2.14. The van der Waals surface area contributed by atoms with Gasteiger partial charge in [-0.05, 0) is 48.9 Å². The Morgan fingerprint density at radius 2 is 1.66 bits per heavy atom. The molecule has 0 aliphatic carbocycles. The highest BCUT2D eigenvalue weighted by Gasteiger charge is 2.36. The van der Waals surface area contributed by atoms with Crippen LogP contribution in [0.4, 0.5) is 17.1 Å². The number of carbonyl (C=O) groups excluding carboxylic acids is 2. The largest absolute Gasteiger partial charge is 0.295 e. The number of nitro benzene ring substituents is 1. The Balaban J connectivity index is 1.55. The van der Waals surface area contributed by atoms with E-state index in [9.17, 15) is 19.7 Å². The number of hydrazone groups is 1. The number of nitro groups is 1. The molecule has 3 aromatic rings. The van der Waals surface area contributed by atoms with Crippen molar-refractivity contribution in [1.29, 1.82) is 5.26 Å². The molecule has 0 unspecified atom stereocenters. The van der Waals surface area contributed by atoms with Crippen molar-refractivity contribution < 1.29 is 14.5 Å². The number of anilines is 2. The molecule has 2 amide bonds. The highest BCUT2D eigenvalue weighted by atomic mass is 16.6. The van der Waals surface area contributed by atoms with Gasteiger partial charge in [-0.25, -0.2) is 4.90 Å². The average Bonchev–Trinajstić information content (AvgIpc) is 3.07. The summed E-state index contributed by atoms with van der Waals surface area (Å²) in [6, 6.07) is 19.2. The third-order valence-corrected chi connectivity index (χ3v) is 5.00. The van der Waals surface area contributed by atoms with Crippen LogP contribution in [-0.2, 0) is 0 Å². The van der Waals surface area contributed by atoms with Gasteiger partial charge in [-0.3, -0.25) is 25.1 Å². The summed E-state index contributed by atoms with van der Waals surface area (Å²) in [7, 11) is 0. The van der Waals surface area contributed by atoms with Crippen LogP contribution in [0.25, 0.3) is 0 Å². The second-order valence-electron chi connectivity index (χ2n) is 6.95. The zero-order valence-corrected chi connectivity index (χ0v) is 16.8. The van der Waals surface area contributed by atoms with Crippen LogP contribution in [0.3, 0.4) is 0 Å². The van der Waals surface area contributed by atoms with Gasteiger partial charge < -0.3 is 0 Å². The van der Waals surface area contributed by atoms with Crippen LogP contribution >= 0.6 is 0 Å². The molecule has 0 spiro atoms. The number of carbonyl (C=O) groups is 2. The third kappa shape index (κ3) is 3.57. The summed E-state index contributed by atoms with van der Waals surface area (Å²) in [5, 5.41) is 24.4. The van der Waals surface area contributed by atoms with E-state index in [4.69, 9.17) is 5.26 Å². The number of benzene rings is 3. The first-order valence-electron chi connectivity index (χ1n) is 9.48. The monoisotopic (exact) mass is 425 g/mol. The van der Waals surface area contributed by atoms with Gasteiger partial charge in [-0.2, -0.15) is 10.4 Å². The number of nitrogens with zero attached hydrogens (tertiary/aromatic N) is 4. The second-order valence-corrected chi connectivity index (χ2v) is 6.95. The standard InChI is InChI=1S/C23H15N5O4/c1-14(25-26-20-11-6-15(13-24)12-21(20)28(31)32)16-7-9-17(10-8-16)27-22(29)18-4-2-3-5-19(18)23(27)30/h2-12,26H,1H3/b25-14-. The maximum absolute atomic E-state index is 12.6. The van der Waals surface area contributed by atoms with E-state index in [2.05, 4.69) is 10.5 Å². The van der Waals surface area contributed by atoms with Gasteiger partial charge in [-0.15, -0.1) is 0 Å². The van der Waals surface area contributed by atoms with Gasteiger partial charge in [0, 0.05) is 6.07 Å². The predicted molar refractivity (Wildman–Crippen MR) is 118 cm³/mol. The molecule has 0 saturated carbocycles. The van der Waals surface area contributed by atoms with E-state index in [-0.39, 0.29) is 28.8 Å². The number of hydrogen-bond acceptors (Lipinski definition) is 7. The van der Waals surface area contributed by atoms with Crippen molar-refractivity contribution in [3.63, 3.8) is 0 Å². The summed E-state index contributed by atoms with van der Waals surface area (Å²) in [5.41, 5.74) is 5.10. The first-order valence-corrected chi connectivity index (χ1v) is 9.48. The van der Waals surface area contributed by atoms with E-state index in [0.717, 1.165) is 4.90 Å². The summed E-state index contributed by atoms with van der Waals surface area (Å²) >= 11 is 0. The lowest BCUT2D eigenvalue weighted by molar-refractivity contribution is -0.384. The summed E-state index contributed by atoms with van der Waals surface area (Å²) in [4.78, 5) is 37.0. The SMILES string of the molecule is C/C(=N/Nc1ccc(C#N)cc1[N+](=O)[O-])c1ccc(N2C(=O)c3ccccc3C2=O)cc1. The Morgan fingerprint density at radius 1 is 1.03 bits per heavy atom. The summed E-state index contributed by atoms with van der Waals surface area (Å²) in [6.45, 7) is 1.71. The van der Waals surface area contributed by atoms with Crippen molar-refractivity contribution in [2.45, 2.75) is 6.92 Å². The van der Waals surface area contributed by atoms with E-state index < -0.39 is 4.92 Å². The summed E-state index contributed by atoms with van der Waals surface area (Å²) < 4.78 is 0. The minimum Gasteiger partial charge on any atom is -0.271 e. The van der Waals surface area contributed by atoms with Crippen molar-refractivity contribution in [1.82, 2.24) is 0 Å². The molecule has 9 nitrogen and oxygen atoms in total. The summed E-state index contributed by atoms with van der Waals surface area (Å²) in [6.07, 6.45) is 0. The lowest BCUT2D eigenvalue weighted by atomic mass is 10.1. The topological polar surface area (TPSA) is 129 Å². The minimum atomic E-state index is -0.592. The Labute approximate surface area is 182 Å². The first kappa shape index (κ1) is 20.4. The third-order valence-electron chi connectivity index (χ3n) is 5.00. The number of nitriles is 1. The highest BCUT2D eigenvalue weighted by Crippen LogP contribution is 2.29. The van der Waals surface area contributed by atoms with Crippen molar-refractivity contribution in [3.05, 3.63) is 99.1 Å². The van der Waals surface area contributed by atoms with E-state index in [1.807, 2.05) is 6.07 Å². The van der Waals surface area contributed by atoms with Gasteiger partial charge in [0.1, 0.15) is 5.69 Å². The van der Waals surface area contributed by atoms with Gasteiger partial charge in [-0.1, -0.05) is 24.3 Å². The summed E-state index contributed by atoms with van der Waals surface area (Å²) in [5.74, 6) is -0.753. The zero-order valence-electron chi connectivity index (χ0n) is 16.8. The number of imide groups is 1. The molecule has 1 heterocycles. The number of amides is 2. The molecular weight excluding hydrogens is 410 g/mol. The Morgan fingerprint density at radius 3 is 2.22 bits per heavy atom. The van der Waals surface area contributed by atoms with Gasteiger partial charge >= 0.3 is 0 Å². The molecule has 4 rings (SSSR count). The molecule has 0 aromatic heterocycles. The molecule has 9 heteroatoms. The molecule has 32 heavy (non-hydrogen) atoms. The van der Waals surface area contributed by atoms with Crippen LogP contribution in [0.2, 0.25) is 0 Å². The molecular formula is C23H15N5O4. The minimum absolute atomic E-state index is 0.149. The van der Waals surface area contributed by atoms with Gasteiger partial charge in [0.2, 0.25) is 0 Å². The van der Waals surface area contributed by atoms with Crippen LogP contribution in [0, 0.1) is 21.4 Å². The predicted octanol–water partition coefficient (Wildman–Crippen LogP) is 4.10. The van der Waals surface area contributed by atoms with Crippen molar-refractivity contribution >= 4 is 34.6 Å². The van der Waals surface area contributed by atoms with E-state index >= 15 is 0 Å². The van der Waals surface area contributed by atoms with Crippen molar-refractivity contribution in [2.75, 3.05) is 10.3 Å².